The van der Waals surface area contributed by atoms with E-state index in [1.54, 1.807) is 24.5 Å². The summed E-state index contributed by atoms with van der Waals surface area (Å²) in [7, 11) is 0. The van der Waals surface area contributed by atoms with Crippen LogP contribution in [0.15, 0.2) is 39.5 Å². The topological polar surface area (TPSA) is 58.9 Å². The molecule has 0 amide bonds. The van der Waals surface area contributed by atoms with Gasteiger partial charge >= 0.3 is 0 Å². The van der Waals surface area contributed by atoms with Gasteiger partial charge in [-0.2, -0.15) is 0 Å². The maximum atomic E-state index is 12.3. The number of nitrogens with zero attached hydrogens (tertiary/aromatic N) is 1. The molecule has 5 heteroatoms. The van der Waals surface area contributed by atoms with Crippen molar-refractivity contribution in [2.45, 2.75) is 6.92 Å². The molecule has 0 aromatic carbocycles. The van der Waals surface area contributed by atoms with Gasteiger partial charge in [0.05, 0.1) is 5.56 Å². The number of hydrogen-bond acceptors (Lipinski definition) is 3. The smallest absolute Gasteiger partial charge is 0.230 e. The molecule has 0 unspecified atom stereocenters. The molecular formula is C13H9BrN2O2. The number of hydrogen-bond donors (Lipinski definition) is 1. The fraction of sp³-hybridized carbons (Fsp3) is 0.0769. The van der Waals surface area contributed by atoms with Gasteiger partial charge in [0.2, 0.25) is 5.78 Å². The lowest BCUT2D eigenvalue weighted by molar-refractivity contribution is 0.101. The van der Waals surface area contributed by atoms with Gasteiger partial charge in [-0.05, 0) is 41.1 Å². The second-order valence-corrected chi connectivity index (χ2v) is 4.91. The molecule has 0 saturated heterocycles. The Morgan fingerprint density at radius 1 is 1.44 bits per heavy atom. The van der Waals surface area contributed by atoms with E-state index >= 15 is 0 Å². The number of halogens is 1. The minimum atomic E-state index is -0.144. The molecule has 1 N–H and O–H groups in total. The van der Waals surface area contributed by atoms with Crippen LogP contribution in [-0.4, -0.2) is 15.8 Å². The number of fused-ring (bicyclic) bond motifs is 1. The first kappa shape index (κ1) is 11.2. The Morgan fingerprint density at radius 3 is 3.00 bits per heavy atom. The van der Waals surface area contributed by atoms with Crippen molar-refractivity contribution >= 4 is 32.7 Å². The minimum Gasteiger partial charge on any atom is -0.458 e. The van der Waals surface area contributed by atoms with Gasteiger partial charge < -0.3 is 9.40 Å². The Labute approximate surface area is 111 Å². The Balaban J connectivity index is 2.14. The van der Waals surface area contributed by atoms with Crippen LogP contribution in [0.3, 0.4) is 0 Å². The molecule has 3 aromatic heterocycles. The third-order valence-corrected chi connectivity index (χ3v) is 3.14. The predicted octanol–water partition coefficient (Wildman–Crippen LogP) is 3.46. The lowest BCUT2D eigenvalue weighted by atomic mass is 10.1. The number of ketones is 1. The van der Waals surface area contributed by atoms with E-state index < -0.39 is 0 Å². The standard InChI is InChI=1S/C13H9BrN2O2/c1-7-2-3-11(18-7)12(17)10-6-16-13-9(10)4-8(14)5-15-13/h2-6H,1H3,(H,15,16). The molecule has 0 spiro atoms. The Hall–Kier alpha value is -1.88. The Kier molecular flexibility index (Phi) is 2.56. The summed E-state index contributed by atoms with van der Waals surface area (Å²) in [6.07, 6.45) is 3.34. The highest BCUT2D eigenvalue weighted by molar-refractivity contribution is 9.10. The fourth-order valence-electron chi connectivity index (χ4n) is 1.86. The summed E-state index contributed by atoms with van der Waals surface area (Å²) in [6.45, 7) is 1.81. The molecule has 0 bridgehead atoms. The number of furan rings is 1. The zero-order valence-corrected chi connectivity index (χ0v) is 11.1. The summed E-state index contributed by atoms with van der Waals surface area (Å²) in [5.74, 6) is 0.917. The molecule has 0 atom stereocenters. The van der Waals surface area contributed by atoms with Crippen LogP contribution in [0.2, 0.25) is 0 Å². The van der Waals surface area contributed by atoms with E-state index in [1.807, 2.05) is 13.0 Å². The van der Waals surface area contributed by atoms with Crippen LogP contribution in [0.25, 0.3) is 11.0 Å². The molecule has 3 heterocycles. The molecule has 3 aromatic rings. The molecule has 0 fully saturated rings. The highest BCUT2D eigenvalue weighted by Gasteiger charge is 2.17. The number of nitrogens with one attached hydrogen (secondary N) is 1. The number of rotatable bonds is 2. The van der Waals surface area contributed by atoms with Crippen LogP contribution >= 0.6 is 15.9 Å². The van der Waals surface area contributed by atoms with Crippen LogP contribution in [0.4, 0.5) is 0 Å². The molecular weight excluding hydrogens is 296 g/mol. The Bertz CT molecular complexity index is 742. The van der Waals surface area contributed by atoms with Crippen LogP contribution in [0.5, 0.6) is 0 Å². The van der Waals surface area contributed by atoms with E-state index in [0.717, 1.165) is 15.6 Å². The van der Waals surface area contributed by atoms with Gasteiger partial charge in [0.15, 0.2) is 5.76 Å². The zero-order chi connectivity index (χ0) is 12.7. The predicted molar refractivity (Wildman–Crippen MR) is 70.7 cm³/mol. The largest absolute Gasteiger partial charge is 0.458 e. The summed E-state index contributed by atoms with van der Waals surface area (Å²) in [5.41, 5.74) is 1.25. The number of carbonyl (C=O) groups is 1. The number of pyridine rings is 1. The molecule has 18 heavy (non-hydrogen) atoms. The first-order valence-electron chi connectivity index (χ1n) is 5.39. The van der Waals surface area contributed by atoms with Crippen molar-refractivity contribution in [3.05, 3.63) is 52.1 Å². The van der Waals surface area contributed by atoms with Crippen molar-refractivity contribution in [3.63, 3.8) is 0 Å². The number of aryl methyl sites for hydroxylation is 1. The molecule has 0 aliphatic rings. The van der Waals surface area contributed by atoms with E-state index in [0.29, 0.717) is 17.0 Å². The lowest BCUT2D eigenvalue weighted by Crippen LogP contribution is -1.98. The van der Waals surface area contributed by atoms with Crippen molar-refractivity contribution < 1.29 is 9.21 Å². The number of carbonyl (C=O) groups excluding carboxylic acids is 1. The summed E-state index contributed by atoms with van der Waals surface area (Å²) >= 11 is 3.35. The van der Waals surface area contributed by atoms with Crippen molar-refractivity contribution in [1.29, 1.82) is 0 Å². The van der Waals surface area contributed by atoms with Crippen LogP contribution in [0, 0.1) is 6.92 Å². The van der Waals surface area contributed by atoms with E-state index in [2.05, 4.69) is 25.9 Å². The van der Waals surface area contributed by atoms with E-state index in [1.165, 1.54) is 0 Å². The lowest BCUT2D eigenvalue weighted by Gasteiger charge is -1.96. The maximum Gasteiger partial charge on any atom is 0.230 e. The van der Waals surface area contributed by atoms with Gasteiger partial charge in [0.1, 0.15) is 11.4 Å². The quantitative estimate of drug-likeness (QED) is 0.738. The zero-order valence-electron chi connectivity index (χ0n) is 9.53. The summed E-state index contributed by atoms with van der Waals surface area (Å²) in [6, 6.07) is 5.32. The first-order chi connectivity index (χ1) is 8.65. The summed E-state index contributed by atoms with van der Waals surface area (Å²) in [5, 5.41) is 0.781. The van der Waals surface area contributed by atoms with Crippen LogP contribution in [0.1, 0.15) is 21.9 Å². The van der Waals surface area contributed by atoms with Gasteiger partial charge in [0.25, 0.3) is 0 Å². The molecule has 3 rings (SSSR count). The minimum absolute atomic E-state index is 0.144. The normalized spacial score (nSPS) is 11.0. The SMILES string of the molecule is Cc1ccc(C(=O)c2c[nH]c3ncc(Br)cc23)o1. The molecule has 0 radical (unpaired) electrons. The van der Waals surface area contributed by atoms with E-state index in [-0.39, 0.29) is 5.78 Å². The number of H-pyrrole nitrogens is 1. The van der Waals surface area contributed by atoms with Crippen LogP contribution in [-0.2, 0) is 0 Å². The third-order valence-electron chi connectivity index (χ3n) is 2.71. The van der Waals surface area contributed by atoms with E-state index in [4.69, 9.17) is 4.42 Å². The van der Waals surface area contributed by atoms with Crippen molar-refractivity contribution in [3.8, 4) is 0 Å². The monoisotopic (exact) mass is 304 g/mol. The average molecular weight is 305 g/mol. The summed E-state index contributed by atoms with van der Waals surface area (Å²) in [4.78, 5) is 19.5. The number of aromatic amines is 1. The molecule has 4 nitrogen and oxygen atoms in total. The van der Waals surface area contributed by atoms with Gasteiger partial charge in [-0.15, -0.1) is 0 Å². The second-order valence-electron chi connectivity index (χ2n) is 3.99. The van der Waals surface area contributed by atoms with Crippen molar-refractivity contribution in [2.75, 3.05) is 0 Å². The highest BCUT2D eigenvalue weighted by Crippen LogP contribution is 2.23. The molecule has 90 valence electrons. The van der Waals surface area contributed by atoms with Gasteiger partial charge in [-0.25, -0.2) is 4.98 Å². The highest BCUT2D eigenvalue weighted by atomic mass is 79.9. The van der Waals surface area contributed by atoms with Gasteiger partial charge in [-0.1, -0.05) is 0 Å². The van der Waals surface area contributed by atoms with Crippen molar-refractivity contribution in [2.24, 2.45) is 0 Å². The van der Waals surface area contributed by atoms with E-state index in [9.17, 15) is 4.79 Å². The maximum absolute atomic E-state index is 12.3. The number of aromatic nitrogens is 2. The van der Waals surface area contributed by atoms with Gasteiger partial charge in [0, 0.05) is 22.3 Å². The molecule has 0 aliphatic carbocycles. The summed E-state index contributed by atoms with van der Waals surface area (Å²) < 4.78 is 6.19. The van der Waals surface area contributed by atoms with Gasteiger partial charge in [-0.3, -0.25) is 4.79 Å². The molecule has 0 saturated carbocycles. The molecule has 0 aliphatic heterocycles. The van der Waals surface area contributed by atoms with Crippen LogP contribution < -0.4 is 0 Å². The Morgan fingerprint density at radius 2 is 2.28 bits per heavy atom. The third kappa shape index (κ3) is 1.76. The van der Waals surface area contributed by atoms with Crippen molar-refractivity contribution in [1.82, 2.24) is 9.97 Å². The average Bonchev–Trinajstić information content (AvgIpc) is 2.94. The second kappa shape index (κ2) is 4.10. The fourth-order valence-corrected chi connectivity index (χ4v) is 2.19. The first-order valence-corrected chi connectivity index (χ1v) is 6.18.